The number of hydrogen-bond acceptors (Lipinski definition) is 8. The Morgan fingerprint density at radius 2 is 2.27 bits per heavy atom. The van der Waals surface area contributed by atoms with Crippen LogP contribution in [-0.2, 0) is 10.5 Å². The lowest BCUT2D eigenvalue weighted by Crippen LogP contribution is -2.40. The minimum absolute atomic E-state index is 0.164. The summed E-state index contributed by atoms with van der Waals surface area (Å²) in [5, 5.41) is 37.0. The van der Waals surface area contributed by atoms with E-state index in [0.29, 0.717) is 5.52 Å². The Balaban J connectivity index is 2.24. The number of aliphatic hydroxyl groups excluding tert-OH is 3. The zero-order chi connectivity index (χ0) is 15.9. The summed E-state index contributed by atoms with van der Waals surface area (Å²) in [5.41, 5.74) is 13.2. The summed E-state index contributed by atoms with van der Waals surface area (Å²) in [5.74, 6) is 0.184. The van der Waals surface area contributed by atoms with E-state index < -0.39 is 30.6 Å². The molecule has 4 atom stereocenters. The molecule has 1 fully saturated rings. The molecule has 11 nitrogen and oxygen atoms in total. The van der Waals surface area contributed by atoms with Crippen molar-refractivity contribution in [2.24, 2.45) is 5.11 Å². The molecule has 22 heavy (non-hydrogen) atoms. The number of rotatable bonds is 3. The monoisotopic (exact) mass is 307 g/mol. The van der Waals surface area contributed by atoms with E-state index in [4.69, 9.17) is 16.0 Å². The van der Waals surface area contributed by atoms with Crippen LogP contribution < -0.4 is 5.73 Å². The summed E-state index contributed by atoms with van der Waals surface area (Å²) in [7, 11) is 0. The first kappa shape index (κ1) is 14.5. The van der Waals surface area contributed by atoms with Crippen molar-refractivity contribution in [1.29, 1.82) is 0 Å². The Kier molecular flexibility index (Phi) is 3.35. The van der Waals surface area contributed by atoms with Gasteiger partial charge < -0.3 is 25.8 Å². The van der Waals surface area contributed by atoms with Gasteiger partial charge in [-0.25, -0.2) is 9.50 Å². The van der Waals surface area contributed by atoms with Crippen molar-refractivity contribution in [1.82, 2.24) is 14.6 Å². The van der Waals surface area contributed by atoms with Crippen molar-refractivity contribution >= 4 is 11.3 Å². The number of fused-ring (bicyclic) bond motifs is 1. The second kappa shape index (κ2) is 5.09. The van der Waals surface area contributed by atoms with Gasteiger partial charge >= 0.3 is 0 Å². The molecule has 2 aromatic heterocycles. The standard InChI is InChI=1S/C11H13N7O4/c12-10-5-1-2-7(18(5)15-4-14-10)11(16-17-13)9(21)8(20)6(3-19)22-11/h1-2,4,6,8-9,19-21H,3H2,(H2,12,14,15)/t6-,8-,9-,11+/m1/s1. The van der Waals surface area contributed by atoms with Gasteiger partial charge in [0.2, 0.25) is 5.72 Å². The number of azide groups is 1. The van der Waals surface area contributed by atoms with E-state index >= 15 is 0 Å². The molecular weight excluding hydrogens is 294 g/mol. The first-order valence-corrected chi connectivity index (χ1v) is 6.35. The van der Waals surface area contributed by atoms with Crippen LogP contribution in [0.4, 0.5) is 5.82 Å². The number of nitrogen functional groups attached to an aromatic ring is 1. The van der Waals surface area contributed by atoms with Crippen molar-refractivity contribution < 1.29 is 20.1 Å². The molecule has 0 aromatic carbocycles. The first-order chi connectivity index (χ1) is 10.5. The van der Waals surface area contributed by atoms with Gasteiger partial charge in [-0.05, 0) is 22.8 Å². The molecule has 0 unspecified atom stereocenters. The highest BCUT2D eigenvalue weighted by atomic mass is 16.6. The number of anilines is 1. The number of aromatic nitrogens is 3. The van der Waals surface area contributed by atoms with Crippen LogP contribution in [0.2, 0.25) is 0 Å². The van der Waals surface area contributed by atoms with E-state index in [9.17, 15) is 15.3 Å². The lowest BCUT2D eigenvalue weighted by atomic mass is 10.0. The maximum Gasteiger partial charge on any atom is 0.217 e. The number of aliphatic hydroxyl groups is 3. The van der Waals surface area contributed by atoms with E-state index in [1.165, 1.54) is 16.9 Å². The van der Waals surface area contributed by atoms with Crippen LogP contribution in [-0.4, -0.2) is 54.8 Å². The van der Waals surface area contributed by atoms with Gasteiger partial charge in [0, 0.05) is 4.91 Å². The third kappa shape index (κ3) is 1.81. The molecule has 2 aromatic rings. The summed E-state index contributed by atoms with van der Waals surface area (Å²) in [4.78, 5) is 6.52. The maximum absolute atomic E-state index is 10.3. The van der Waals surface area contributed by atoms with E-state index in [1.54, 1.807) is 6.07 Å². The molecule has 11 heteroatoms. The van der Waals surface area contributed by atoms with Crippen LogP contribution >= 0.6 is 0 Å². The van der Waals surface area contributed by atoms with Crippen molar-refractivity contribution in [2.75, 3.05) is 12.3 Å². The maximum atomic E-state index is 10.3. The average molecular weight is 307 g/mol. The predicted molar refractivity (Wildman–Crippen MR) is 72.2 cm³/mol. The van der Waals surface area contributed by atoms with Crippen LogP contribution in [0.5, 0.6) is 0 Å². The SMILES string of the molecule is [N-]=[N+]=N[C@@]1(c2ccc3c(N)ncnn23)O[C@H](CO)[C@@H](O)[C@H]1O. The van der Waals surface area contributed by atoms with Crippen molar-refractivity contribution in [3.63, 3.8) is 0 Å². The fourth-order valence-corrected chi connectivity index (χ4v) is 2.59. The zero-order valence-corrected chi connectivity index (χ0v) is 11.2. The highest BCUT2D eigenvalue weighted by Crippen LogP contribution is 2.41. The summed E-state index contributed by atoms with van der Waals surface area (Å²) in [6.45, 7) is -0.554. The zero-order valence-electron chi connectivity index (χ0n) is 11.2. The summed E-state index contributed by atoms with van der Waals surface area (Å²) < 4.78 is 6.76. The molecule has 1 aliphatic heterocycles. The second-order valence-electron chi connectivity index (χ2n) is 4.82. The minimum atomic E-state index is -1.94. The molecule has 0 amide bonds. The van der Waals surface area contributed by atoms with E-state index in [1.807, 2.05) is 0 Å². The highest BCUT2D eigenvalue weighted by Gasteiger charge is 2.56. The van der Waals surface area contributed by atoms with Crippen molar-refractivity contribution in [2.45, 2.75) is 24.0 Å². The Bertz CT molecular complexity index is 758. The van der Waals surface area contributed by atoms with E-state index in [2.05, 4.69) is 20.1 Å². The highest BCUT2D eigenvalue weighted by molar-refractivity contribution is 5.65. The molecular formula is C11H13N7O4. The lowest BCUT2D eigenvalue weighted by molar-refractivity contribution is -0.0970. The normalized spacial score (nSPS) is 31.3. The fraction of sp³-hybridized carbons (Fsp3) is 0.455. The molecule has 1 aliphatic rings. The van der Waals surface area contributed by atoms with Crippen LogP contribution in [0, 0.1) is 0 Å². The average Bonchev–Trinajstić information content (AvgIpc) is 3.04. The van der Waals surface area contributed by atoms with Crippen molar-refractivity contribution in [3.8, 4) is 0 Å². The largest absolute Gasteiger partial charge is 0.394 e. The van der Waals surface area contributed by atoms with E-state index in [0.717, 1.165) is 0 Å². The molecule has 1 saturated heterocycles. The number of hydrogen-bond donors (Lipinski definition) is 4. The van der Waals surface area contributed by atoms with Gasteiger partial charge in [-0.3, -0.25) is 0 Å². The molecule has 5 N–H and O–H groups in total. The Hall–Kier alpha value is -2.43. The van der Waals surface area contributed by atoms with Gasteiger partial charge in [0.05, 0.1) is 12.3 Å². The molecule has 0 saturated carbocycles. The van der Waals surface area contributed by atoms with Crippen LogP contribution in [0.3, 0.4) is 0 Å². The van der Waals surface area contributed by atoms with Gasteiger partial charge in [0.15, 0.2) is 5.82 Å². The van der Waals surface area contributed by atoms with Crippen LogP contribution in [0.25, 0.3) is 16.0 Å². The van der Waals surface area contributed by atoms with Gasteiger partial charge in [-0.2, -0.15) is 5.10 Å². The van der Waals surface area contributed by atoms with Crippen LogP contribution in [0.15, 0.2) is 23.6 Å². The molecule has 116 valence electrons. The van der Waals surface area contributed by atoms with Gasteiger partial charge in [-0.1, -0.05) is 0 Å². The molecule has 3 rings (SSSR count). The summed E-state index contributed by atoms with van der Waals surface area (Å²) in [6, 6.07) is 3.05. The van der Waals surface area contributed by atoms with Gasteiger partial charge in [0.25, 0.3) is 0 Å². The number of nitrogens with zero attached hydrogens (tertiary/aromatic N) is 6. The Morgan fingerprint density at radius 3 is 2.91 bits per heavy atom. The quantitative estimate of drug-likeness (QED) is 0.315. The molecule has 0 radical (unpaired) electrons. The Morgan fingerprint density at radius 1 is 1.50 bits per heavy atom. The Labute approximate surface area is 123 Å². The summed E-state index contributed by atoms with van der Waals surface area (Å²) in [6.07, 6.45) is -2.93. The van der Waals surface area contributed by atoms with Gasteiger partial charge in [-0.15, -0.1) is 0 Å². The number of nitrogens with two attached hydrogens (primary N) is 1. The minimum Gasteiger partial charge on any atom is -0.394 e. The van der Waals surface area contributed by atoms with E-state index in [-0.39, 0.29) is 11.5 Å². The fourth-order valence-electron chi connectivity index (χ4n) is 2.59. The molecule has 0 bridgehead atoms. The van der Waals surface area contributed by atoms with Gasteiger partial charge in [0.1, 0.15) is 30.2 Å². The van der Waals surface area contributed by atoms with Crippen molar-refractivity contribution in [3.05, 3.63) is 34.6 Å². The summed E-state index contributed by atoms with van der Waals surface area (Å²) >= 11 is 0. The second-order valence-corrected chi connectivity index (χ2v) is 4.82. The smallest absolute Gasteiger partial charge is 0.217 e. The van der Waals surface area contributed by atoms with Crippen LogP contribution in [0.1, 0.15) is 5.69 Å². The predicted octanol–water partition coefficient (Wildman–Crippen LogP) is -1.11. The molecule has 3 heterocycles. The first-order valence-electron chi connectivity index (χ1n) is 6.35. The topological polar surface area (TPSA) is 175 Å². The molecule has 0 spiro atoms. The lowest BCUT2D eigenvalue weighted by Gasteiger charge is -2.26. The number of ether oxygens (including phenoxy) is 1. The molecule has 0 aliphatic carbocycles. The third-order valence-electron chi connectivity index (χ3n) is 3.66. The third-order valence-corrected chi connectivity index (χ3v) is 3.66.